The van der Waals surface area contributed by atoms with Crippen LogP contribution in [-0.2, 0) is 5.75 Å². The third-order valence-electron chi connectivity index (χ3n) is 3.21. The summed E-state index contributed by atoms with van der Waals surface area (Å²) in [6, 6.07) is 16.9. The monoisotopic (exact) mass is 324 g/mol. The number of anilines is 1. The molecular weight excluding hydrogens is 308 g/mol. The molecule has 1 amide bonds. The highest BCUT2D eigenvalue weighted by molar-refractivity contribution is 7.98. The van der Waals surface area contributed by atoms with Gasteiger partial charge in [0.2, 0.25) is 0 Å². The summed E-state index contributed by atoms with van der Waals surface area (Å²) in [7, 11) is 0. The summed E-state index contributed by atoms with van der Waals surface area (Å²) in [5, 5.41) is 2.85. The van der Waals surface area contributed by atoms with E-state index in [-0.39, 0.29) is 5.91 Å². The lowest BCUT2D eigenvalue weighted by Gasteiger charge is -2.09. The number of rotatable bonds is 5. The SMILES string of the molecule is Cc1cccc(NC(=O)c2ccccc2SCc2ccco2)n1. The van der Waals surface area contributed by atoms with Crippen LogP contribution in [0.3, 0.4) is 0 Å². The van der Waals surface area contributed by atoms with Crippen molar-refractivity contribution in [3.8, 4) is 0 Å². The standard InChI is InChI=1S/C18H16N2O2S/c1-13-6-4-10-17(19-13)20-18(21)15-8-2-3-9-16(15)23-12-14-7-5-11-22-14/h2-11H,12H2,1H3,(H,19,20,21). The number of nitrogens with zero attached hydrogens (tertiary/aromatic N) is 1. The molecule has 0 aliphatic carbocycles. The molecule has 1 N–H and O–H groups in total. The van der Waals surface area contributed by atoms with E-state index in [1.807, 2.05) is 55.5 Å². The van der Waals surface area contributed by atoms with Crippen LogP contribution in [0.2, 0.25) is 0 Å². The first-order valence-electron chi connectivity index (χ1n) is 7.21. The second-order valence-electron chi connectivity index (χ2n) is 4.98. The van der Waals surface area contributed by atoms with Crippen molar-refractivity contribution in [1.82, 2.24) is 4.98 Å². The van der Waals surface area contributed by atoms with Gasteiger partial charge in [-0.2, -0.15) is 0 Å². The number of carbonyl (C=O) groups is 1. The van der Waals surface area contributed by atoms with Crippen molar-refractivity contribution in [2.45, 2.75) is 17.6 Å². The van der Waals surface area contributed by atoms with Crippen LogP contribution in [0.25, 0.3) is 0 Å². The predicted octanol–water partition coefficient (Wildman–Crippen LogP) is 4.53. The molecule has 1 aromatic carbocycles. The van der Waals surface area contributed by atoms with Crippen LogP contribution in [0.4, 0.5) is 5.82 Å². The number of hydrogen-bond donors (Lipinski definition) is 1. The van der Waals surface area contributed by atoms with Crippen molar-refractivity contribution in [3.63, 3.8) is 0 Å². The van der Waals surface area contributed by atoms with Crippen LogP contribution in [0, 0.1) is 6.92 Å². The molecule has 0 aliphatic heterocycles. The number of hydrogen-bond acceptors (Lipinski definition) is 4. The first-order chi connectivity index (χ1) is 11.2. The highest BCUT2D eigenvalue weighted by atomic mass is 32.2. The predicted molar refractivity (Wildman–Crippen MR) is 91.6 cm³/mol. The Labute approximate surface area is 138 Å². The Balaban J connectivity index is 1.75. The quantitative estimate of drug-likeness (QED) is 0.701. The fourth-order valence-electron chi connectivity index (χ4n) is 2.12. The third kappa shape index (κ3) is 4.02. The maximum absolute atomic E-state index is 12.5. The van der Waals surface area contributed by atoms with E-state index in [9.17, 15) is 4.79 Å². The Morgan fingerprint density at radius 1 is 1.13 bits per heavy atom. The van der Waals surface area contributed by atoms with Gasteiger partial charge in [0.1, 0.15) is 11.6 Å². The van der Waals surface area contributed by atoms with Gasteiger partial charge in [-0.3, -0.25) is 4.79 Å². The molecule has 2 heterocycles. The van der Waals surface area contributed by atoms with Crippen molar-refractivity contribution in [2.24, 2.45) is 0 Å². The average molecular weight is 324 g/mol. The molecule has 23 heavy (non-hydrogen) atoms. The van der Waals surface area contributed by atoms with Gasteiger partial charge in [-0.15, -0.1) is 11.8 Å². The number of thioether (sulfide) groups is 1. The van der Waals surface area contributed by atoms with Gasteiger partial charge in [0.05, 0.1) is 17.6 Å². The lowest BCUT2D eigenvalue weighted by molar-refractivity contribution is 0.102. The topological polar surface area (TPSA) is 55.1 Å². The fraction of sp³-hybridized carbons (Fsp3) is 0.111. The molecule has 0 bridgehead atoms. The number of nitrogens with one attached hydrogen (secondary N) is 1. The van der Waals surface area contributed by atoms with Crippen LogP contribution in [0.1, 0.15) is 21.8 Å². The summed E-state index contributed by atoms with van der Waals surface area (Å²) in [4.78, 5) is 17.7. The Kier molecular flexibility index (Phi) is 4.78. The minimum absolute atomic E-state index is 0.161. The molecule has 0 spiro atoms. The largest absolute Gasteiger partial charge is 0.468 e. The minimum Gasteiger partial charge on any atom is -0.468 e. The van der Waals surface area contributed by atoms with Gasteiger partial charge in [0.15, 0.2) is 0 Å². The summed E-state index contributed by atoms with van der Waals surface area (Å²) in [5.41, 5.74) is 1.50. The Bertz CT molecular complexity index is 800. The van der Waals surface area contributed by atoms with Crippen LogP contribution >= 0.6 is 11.8 Å². The van der Waals surface area contributed by atoms with Gasteiger partial charge in [-0.25, -0.2) is 4.98 Å². The van der Waals surface area contributed by atoms with Gasteiger partial charge >= 0.3 is 0 Å². The molecule has 3 rings (SSSR count). The normalized spacial score (nSPS) is 10.5. The number of carbonyl (C=O) groups excluding carboxylic acids is 1. The molecule has 3 aromatic rings. The van der Waals surface area contributed by atoms with Crippen molar-refractivity contribution in [2.75, 3.05) is 5.32 Å². The highest BCUT2D eigenvalue weighted by Gasteiger charge is 2.12. The van der Waals surface area contributed by atoms with Crippen molar-refractivity contribution in [3.05, 3.63) is 77.9 Å². The van der Waals surface area contributed by atoms with Crippen molar-refractivity contribution < 1.29 is 9.21 Å². The lowest BCUT2D eigenvalue weighted by Crippen LogP contribution is -2.14. The summed E-state index contributed by atoms with van der Waals surface area (Å²) < 4.78 is 5.33. The van der Waals surface area contributed by atoms with E-state index in [0.717, 1.165) is 16.3 Å². The molecule has 0 saturated heterocycles. The zero-order valence-corrected chi connectivity index (χ0v) is 13.5. The molecular formula is C18H16N2O2S. The summed E-state index contributed by atoms with van der Waals surface area (Å²) in [5.74, 6) is 1.96. The number of furan rings is 1. The fourth-order valence-corrected chi connectivity index (χ4v) is 3.07. The number of benzene rings is 1. The second kappa shape index (κ2) is 7.15. The van der Waals surface area contributed by atoms with Gasteiger partial charge in [-0.1, -0.05) is 18.2 Å². The van der Waals surface area contributed by atoms with Crippen molar-refractivity contribution >= 4 is 23.5 Å². The molecule has 2 aromatic heterocycles. The molecule has 0 atom stereocenters. The maximum atomic E-state index is 12.5. The number of aromatic nitrogens is 1. The summed E-state index contributed by atoms with van der Waals surface area (Å²) in [6.45, 7) is 1.89. The van der Waals surface area contributed by atoms with Gasteiger partial charge in [-0.05, 0) is 43.3 Å². The molecule has 116 valence electrons. The molecule has 0 aliphatic rings. The molecule has 0 saturated carbocycles. The molecule has 0 fully saturated rings. The Hall–Kier alpha value is -2.53. The lowest BCUT2D eigenvalue weighted by atomic mass is 10.2. The van der Waals surface area contributed by atoms with Gasteiger partial charge in [0.25, 0.3) is 5.91 Å². The smallest absolute Gasteiger partial charge is 0.257 e. The second-order valence-corrected chi connectivity index (χ2v) is 6.00. The average Bonchev–Trinajstić information content (AvgIpc) is 3.06. The Morgan fingerprint density at radius 2 is 2.00 bits per heavy atom. The molecule has 0 radical (unpaired) electrons. The number of amides is 1. The minimum atomic E-state index is -0.161. The van der Waals surface area contributed by atoms with E-state index in [0.29, 0.717) is 17.1 Å². The highest BCUT2D eigenvalue weighted by Crippen LogP contribution is 2.27. The zero-order valence-electron chi connectivity index (χ0n) is 12.7. The first kappa shape index (κ1) is 15.4. The van der Waals surface area contributed by atoms with E-state index in [1.54, 1.807) is 24.1 Å². The summed E-state index contributed by atoms with van der Waals surface area (Å²) in [6.07, 6.45) is 1.65. The van der Waals surface area contributed by atoms with Crippen LogP contribution < -0.4 is 5.32 Å². The van der Waals surface area contributed by atoms with Gasteiger partial charge in [0, 0.05) is 10.6 Å². The Morgan fingerprint density at radius 3 is 2.78 bits per heavy atom. The van der Waals surface area contributed by atoms with E-state index in [4.69, 9.17) is 4.42 Å². The van der Waals surface area contributed by atoms with Crippen molar-refractivity contribution in [1.29, 1.82) is 0 Å². The first-order valence-corrected chi connectivity index (χ1v) is 8.20. The summed E-state index contributed by atoms with van der Waals surface area (Å²) >= 11 is 1.57. The molecule has 5 heteroatoms. The zero-order chi connectivity index (χ0) is 16.1. The molecule has 4 nitrogen and oxygen atoms in total. The third-order valence-corrected chi connectivity index (χ3v) is 4.31. The maximum Gasteiger partial charge on any atom is 0.257 e. The van der Waals surface area contributed by atoms with E-state index in [1.165, 1.54) is 0 Å². The van der Waals surface area contributed by atoms with E-state index < -0.39 is 0 Å². The van der Waals surface area contributed by atoms with Gasteiger partial charge < -0.3 is 9.73 Å². The van der Waals surface area contributed by atoms with Crippen LogP contribution in [-0.4, -0.2) is 10.9 Å². The van der Waals surface area contributed by atoms with E-state index in [2.05, 4.69) is 10.3 Å². The molecule has 0 unspecified atom stereocenters. The van der Waals surface area contributed by atoms with Crippen LogP contribution in [0.15, 0.2) is 70.2 Å². The number of aryl methyl sites for hydroxylation is 1. The van der Waals surface area contributed by atoms with E-state index >= 15 is 0 Å². The number of pyridine rings is 1. The van der Waals surface area contributed by atoms with Crippen LogP contribution in [0.5, 0.6) is 0 Å².